The van der Waals surface area contributed by atoms with Gasteiger partial charge in [-0.1, -0.05) is 148 Å². The summed E-state index contributed by atoms with van der Waals surface area (Å²) in [6.45, 7) is 7.43. The van der Waals surface area contributed by atoms with Crippen molar-refractivity contribution in [1.29, 1.82) is 0 Å². The lowest BCUT2D eigenvalue weighted by Crippen LogP contribution is -2.19. The topological polar surface area (TPSA) is 43.4 Å². The average molecular weight is 465 g/mol. The summed E-state index contributed by atoms with van der Waals surface area (Å²) >= 11 is 0. The molecule has 1 unspecified atom stereocenters. The maximum absolute atomic E-state index is 11.5. The van der Waals surface area contributed by atoms with Crippen LogP contribution in [0.2, 0.25) is 0 Å². The van der Waals surface area contributed by atoms with E-state index in [1.165, 1.54) is 128 Å². The number of unbranched alkanes of at least 4 members (excludes halogenated alkanes) is 21. The van der Waals surface area contributed by atoms with Crippen molar-refractivity contribution >= 4 is 12.3 Å². The summed E-state index contributed by atoms with van der Waals surface area (Å²) in [5.41, 5.74) is 0.343. The van der Waals surface area contributed by atoms with E-state index in [1.807, 2.05) is 0 Å². The van der Waals surface area contributed by atoms with Gasteiger partial charge in [0.2, 0.25) is 0 Å². The zero-order valence-corrected chi connectivity index (χ0v) is 22.4. The van der Waals surface area contributed by atoms with Gasteiger partial charge in [-0.3, -0.25) is 4.79 Å². The smallest absolute Gasteiger partial charge is 0.333 e. The predicted octanol–water partition coefficient (Wildman–Crippen LogP) is 9.67. The first-order chi connectivity index (χ1) is 16.1. The SMILES string of the molecule is C=C(C)C(=O)OC(C=O)CCCCCCCCCCCCCCCCCCCCCCCC. The fraction of sp³-hybridized carbons (Fsp3) is 0.867. The summed E-state index contributed by atoms with van der Waals surface area (Å²) in [7, 11) is 0. The van der Waals surface area contributed by atoms with Gasteiger partial charge in [-0.2, -0.15) is 0 Å². The molecule has 0 saturated heterocycles. The van der Waals surface area contributed by atoms with Gasteiger partial charge in [0, 0.05) is 5.57 Å². The summed E-state index contributed by atoms with van der Waals surface area (Å²) in [6, 6.07) is 0. The zero-order chi connectivity index (χ0) is 24.4. The number of hydrogen-bond donors (Lipinski definition) is 0. The third-order valence-electron chi connectivity index (χ3n) is 6.60. The predicted molar refractivity (Wildman–Crippen MR) is 143 cm³/mol. The second kappa shape index (κ2) is 25.5. The Hall–Kier alpha value is -1.12. The number of hydrogen-bond acceptors (Lipinski definition) is 3. The largest absolute Gasteiger partial charge is 0.451 e. The van der Waals surface area contributed by atoms with Gasteiger partial charge in [0.1, 0.15) is 0 Å². The van der Waals surface area contributed by atoms with Gasteiger partial charge in [0.15, 0.2) is 12.4 Å². The van der Waals surface area contributed by atoms with Gasteiger partial charge in [0.25, 0.3) is 0 Å². The van der Waals surface area contributed by atoms with Gasteiger partial charge >= 0.3 is 5.97 Å². The first-order valence-electron chi connectivity index (χ1n) is 14.4. The third kappa shape index (κ3) is 23.8. The molecule has 0 heterocycles. The molecule has 0 saturated carbocycles. The van der Waals surface area contributed by atoms with Crippen LogP contribution in [0.1, 0.15) is 162 Å². The molecule has 3 nitrogen and oxygen atoms in total. The Kier molecular flexibility index (Phi) is 24.6. The minimum absolute atomic E-state index is 0.343. The monoisotopic (exact) mass is 464 g/mol. The molecular weight excluding hydrogens is 408 g/mol. The molecule has 0 aromatic carbocycles. The molecule has 0 aromatic rings. The van der Waals surface area contributed by atoms with Crippen LogP contribution in [-0.4, -0.2) is 18.4 Å². The molecule has 0 N–H and O–H groups in total. The second-order valence-corrected chi connectivity index (χ2v) is 10.1. The molecule has 0 rings (SSSR count). The molecule has 3 heteroatoms. The van der Waals surface area contributed by atoms with E-state index < -0.39 is 12.1 Å². The van der Waals surface area contributed by atoms with E-state index in [1.54, 1.807) is 6.92 Å². The van der Waals surface area contributed by atoms with Gasteiger partial charge in [-0.15, -0.1) is 0 Å². The van der Waals surface area contributed by atoms with E-state index in [4.69, 9.17) is 4.74 Å². The van der Waals surface area contributed by atoms with Crippen LogP contribution in [-0.2, 0) is 14.3 Å². The summed E-state index contributed by atoms with van der Waals surface area (Å²) in [4.78, 5) is 22.5. The number of aldehydes is 1. The number of carbonyl (C=O) groups is 2. The fourth-order valence-electron chi connectivity index (χ4n) is 4.35. The molecule has 0 amide bonds. The summed E-state index contributed by atoms with van der Waals surface area (Å²) in [5.74, 6) is -0.467. The third-order valence-corrected chi connectivity index (χ3v) is 6.60. The van der Waals surface area contributed by atoms with Crippen molar-refractivity contribution in [3.8, 4) is 0 Å². The van der Waals surface area contributed by atoms with E-state index in [0.29, 0.717) is 12.0 Å². The lowest BCUT2D eigenvalue weighted by atomic mass is 10.0. The number of ether oxygens (including phenoxy) is 1. The Balaban J connectivity index is 3.22. The van der Waals surface area contributed by atoms with E-state index in [2.05, 4.69) is 13.5 Å². The lowest BCUT2D eigenvalue weighted by molar-refractivity contribution is -0.147. The van der Waals surface area contributed by atoms with Crippen LogP contribution < -0.4 is 0 Å². The van der Waals surface area contributed by atoms with Crippen molar-refractivity contribution in [1.82, 2.24) is 0 Å². The maximum atomic E-state index is 11.5. The molecule has 0 radical (unpaired) electrons. The molecule has 1 atom stereocenters. The minimum Gasteiger partial charge on any atom is -0.451 e. The molecule has 0 bridgehead atoms. The molecule has 0 fully saturated rings. The minimum atomic E-state index is -0.612. The molecule has 0 aliphatic carbocycles. The van der Waals surface area contributed by atoms with Crippen LogP contribution in [0.4, 0.5) is 0 Å². The van der Waals surface area contributed by atoms with Crippen molar-refractivity contribution in [2.24, 2.45) is 0 Å². The molecule has 33 heavy (non-hydrogen) atoms. The second-order valence-electron chi connectivity index (χ2n) is 10.1. The van der Waals surface area contributed by atoms with E-state index in [9.17, 15) is 9.59 Å². The highest BCUT2D eigenvalue weighted by Gasteiger charge is 2.13. The van der Waals surface area contributed by atoms with E-state index >= 15 is 0 Å². The van der Waals surface area contributed by atoms with Gasteiger partial charge in [-0.05, 0) is 19.8 Å². The zero-order valence-electron chi connectivity index (χ0n) is 22.4. The van der Waals surface area contributed by atoms with Gasteiger partial charge in [0.05, 0.1) is 0 Å². The summed E-state index contributed by atoms with van der Waals surface area (Å²) in [6.07, 6.45) is 30.8. The van der Waals surface area contributed by atoms with E-state index in [-0.39, 0.29) is 0 Å². The molecule has 0 aromatic heterocycles. The van der Waals surface area contributed by atoms with Gasteiger partial charge in [-0.25, -0.2) is 4.79 Å². The Labute approximate surface area is 206 Å². The Morgan fingerprint density at radius 1 is 0.636 bits per heavy atom. The maximum Gasteiger partial charge on any atom is 0.333 e. The molecule has 194 valence electrons. The Morgan fingerprint density at radius 2 is 0.939 bits per heavy atom. The van der Waals surface area contributed by atoms with E-state index in [0.717, 1.165) is 19.1 Å². The van der Waals surface area contributed by atoms with Crippen molar-refractivity contribution in [2.75, 3.05) is 0 Å². The first kappa shape index (κ1) is 31.9. The van der Waals surface area contributed by atoms with Gasteiger partial charge < -0.3 is 4.74 Å². The van der Waals surface area contributed by atoms with Crippen molar-refractivity contribution in [2.45, 2.75) is 168 Å². The van der Waals surface area contributed by atoms with Crippen LogP contribution >= 0.6 is 0 Å². The number of carbonyl (C=O) groups excluding carboxylic acids is 2. The molecule has 0 spiro atoms. The fourth-order valence-corrected chi connectivity index (χ4v) is 4.35. The Morgan fingerprint density at radius 3 is 1.21 bits per heavy atom. The van der Waals surface area contributed by atoms with Crippen LogP contribution in [0.5, 0.6) is 0 Å². The van der Waals surface area contributed by atoms with Crippen molar-refractivity contribution in [3.05, 3.63) is 12.2 Å². The number of esters is 1. The molecule has 0 aliphatic heterocycles. The van der Waals surface area contributed by atoms with Crippen LogP contribution in [0.25, 0.3) is 0 Å². The average Bonchev–Trinajstić information content (AvgIpc) is 2.81. The summed E-state index contributed by atoms with van der Waals surface area (Å²) < 4.78 is 5.10. The lowest BCUT2D eigenvalue weighted by Gasteiger charge is -2.11. The van der Waals surface area contributed by atoms with Crippen molar-refractivity contribution < 1.29 is 14.3 Å². The highest BCUT2D eigenvalue weighted by molar-refractivity contribution is 5.88. The highest BCUT2D eigenvalue weighted by Crippen LogP contribution is 2.16. The van der Waals surface area contributed by atoms with Crippen molar-refractivity contribution in [3.63, 3.8) is 0 Å². The Bertz CT molecular complexity index is 457. The van der Waals surface area contributed by atoms with Crippen LogP contribution in [0.3, 0.4) is 0 Å². The quantitative estimate of drug-likeness (QED) is 0.0553. The first-order valence-corrected chi connectivity index (χ1v) is 14.4. The number of rotatable bonds is 26. The van der Waals surface area contributed by atoms with Crippen LogP contribution in [0.15, 0.2) is 12.2 Å². The normalized spacial score (nSPS) is 11.9. The standard InChI is InChI=1S/C30H56O3/c1-4-5-6-7-8-9-10-11-12-13-14-15-16-17-18-19-20-21-22-23-24-25-26-29(27-31)33-30(32)28(2)3/h27,29H,2,4-26H2,1,3H3. The highest BCUT2D eigenvalue weighted by atomic mass is 16.5. The summed E-state index contributed by atoms with van der Waals surface area (Å²) in [5, 5.41) is 0. The molecule has 0 aliphatic rings. The van der Waals surface area contributed by atoms with Crippen LogP contribution in [0, 0.1) is 0 Å². The molecular formula is C30H56O3.